The molecule has 0 aromatic carbocycles. The van der Waals surface area contributed by atoms with Gasteiger partial charge in [-0.2, -0.15) is 0 Å². The zero-order valence-electron chi connectivity index (χ0n) is 26.5. The van der Waals surface area contributed by atoms with Gasteiger partial charge in [-0.05, 0) is 53.4 Å². The van der Waals surface area contributed by atoms with Crippen LogP contribution in [0.4, 0.5) is 0 Å². The fourth-order valence-corrected chi connectivity index (χ4v) is 8.07. The molecule has 1 N–H and O–H groups in total. The lowest BCUT2D eigenvalue weighted by Crippen LogP contribution is -2.16. The van der Waals surface area contributed by atoms with Crippen molar-refractivity contribution in [1.29, 1.82) is 0 Å². The molecule has 4 aromatic heterocycles. The summed E-state index contributed by atoms with van der Waals surface area (Å²) in [6.45, 7) is 19.2. The van der Waals surface area contributed by atoms with Gasteiger partial charge in [0, 0.05) is 22.1 Å². The molecule has 0 fully saturated rings. The second-order valence-corrected chi connectivity index (χ2v) is 16.8. The number of alkyl halides is 1. The van der Waals surface area contributed by atoms with E-state index >= 15 is 0 Å². The SMILES string of the molecule is Cc1cnc(-c2nc(C(=O)OC(C)C)c(C(Br)C(C)C)s2)s1.Cc1cnc(-c2nc(C(=O)OC(C)C)c(C(O)C(C)C)s2)s1. The van der Waals surface area contributed by atoms with Gasteiger partial charge in [0.05, 0.1) is 32.9 Å². The molecule has 4 heterocycles. The first kappa shape index (κ1) is 36.4. The largest absolute Gasteiger partial charge is 0.458 e. The van der Waals surface area contributed by atoms with Crippen LogP contribution in [0.25, 0.3) is 20.0 Å². The molecule has 4 rings (SSSR count). The van der Waals surface area contributed by atoms with Crippen LogP contribution >= 0.6 is 61.3 Å². The van der Waals surface area contributed by atoms with Crippen molar-refractivity contribution in [3.8, 4) is 20.0 Å². The van der Waals surface area contributed by atoms with Crippen molar-refractivity contribution in [2.45, 2.75) is 92.4 Å². The Morgan fingerprint density at radius 1 is 0.682 bits per heavy atom. The quantitative estimate of drug-likeness (QED) is 0.125. The van der Waals surface area contributed by atoms with Crippen molar-refractivity contribution < 1.29 is 24.2 Å². The molecule has 9 nitrogen and oxygen atoms in total. The molecule has 0 radical (unpaired) electrons. The van der Waals surface area contributed by atoms with Crippen LogP contribution in [0.5, 0.6) is 0 Å². The number of halogens is 1. The van der Waals surface area contributed by atoms with Crippen molar-refractivity contribution in [2.24, 2.45) is 11.8 Å². The Morgan fingerprint density at radius 3 is 1.43 bits per heavy atom. The van der Waals surface area contributed by atoms with Gasteiger partial charge in [-0.1, -0.05) is 43.6 Å². The number of rotatable bonds is 10. The fraction of sp³-hybridized carbons (Fsp3) is 0.533. The van der Waals surface area contributed by atoms with Gasteiger partial charge in [-0.3, -0.25) is 0 Å². The number of carbonyl (C=O) groups is 2. The number of aryl methyl sites for hydroxylation is 2. The highest BCUT2D eigenvalue weighted by Crippen LogP contribution is 2.41. The second kappa shape index (κ2) is 15.9. The summed E-state index contributed by atoms with van der Waals surface area (Å²) < 4.78 is 10.6. The molecule has 0 saturated heterocycles. The van der Waals surface area contributed by atoms with Crippen LogP contribution in [0.2, 0.25) is 0 Å². The molecule has 0 spiro atoms. The monoisotopic (exact) mass is 742 g/mol. The molecule has 240 valence electrons. The van der Waals surface area contributed by atoms with Gasteiger partial charge < -0.3 is 14.6 Å². The average molecular weight is 744 g/mol. The maximum atomic E-state index is 12.3. The van der Waals surface area contributed by atoms with E-state index < -0.39 is 12.1 Å². The summed E-state index contributed by atoms with van der Waals surface area (Å²) in [6.07, 6.45) is 2.44. The van der Waals surface area contributed by atoms with E-state index in [9.17, 15) is 14.7 Å². The number of ether oxygens (including phenoxy) is 2. The van der Waals surface area contributed by atoms with Gasteiger partial charge in [0.1, 0.15) is 0 Å². The molecule has 44 heavy (non-hydrogen) atoms. The Labute approximate surface area is 283 Å². The van der Waals surface area contributed by atoms with E-state index in [1.54, 1.807) is 31.4 Å². The Kier molecular flexibility index (Phi) is 13.2. The summed E-state index contributed by atoms with van der Waals surface area (Å²) in [5.41, 5.74) is 0.597. The van der Waals surface area contributed by atoms with Crippen LogP contribution in [0.3, 0.4) is 0 Å². The molecular formula is C30H39BrN4O5S4. The van der Waals surface area contributed by atoms with E-state index in [0.29, 0.717) is 21.5 Å². The Hall–Kier alpha value is -2.10. The number of aliphatic hydroxyl groups is 1. The Bertz CT molecular complexity index is 1440. The number of nitrogens with zero attached hydrogens (tertiary/aromatic N) is 4. The molecule has 0 aliphatic rings. The van der Waals surface area contributed by atoms with E-state index in [0.717, 1.165) is 29.7 Å². The predicted molar refractivity (Wildman–Crippen MR) is 183 cm³/mol. The lowest BCUT2D eigenvalue weighted by molar-refractivity contribution is 0.0355. The molecule has 4 aromatic rings. The first-order valence-corrected chi connectivity index (χ1v) is 18.4. The molecular weight excluding hydrogens is 705 g/mol. The van der Waals surface area contributed by atoms with Crippen molar-refractivity contribution in [3.05, 3.63) is 43.3 Å². The van der Waals surface area contributed by atoms with E-state index in [-0.39, 0.29) is 34.6 Å². The van der Waals surface area contributed by atoms with Crippen LogP contribution in [0, 0.1) is 25.7 Å². The summed E-state index contributed by atoms with van der Waals surface area (Å²) in [4.78, 5) is 45.8. The number of esters is 2. The van der Waals surface area contributed by atoms with Crippen LogP contribution in [-0.2, 0) is 9.47 Å². The van der Waals surface area contributed by atoms with Gasteiger partial charge in [-0.15, -0.1) is 45.3 Å². The van der Waals surface area contributed by atoms with Gasteiger partial charge >= 0.3 is 11.9 Å². The smallest absolute Gasteiger partial charge is 0.358 e. The molecule has 0 saturated carbocycles. The highest BCUT2D eigenvalue weighted by atomic mass is 79.9. The maximum Gasteiger partial charge on any atom is 0.358 e. The lowest BCUT2D eigenvalue weighted by Gasteiger charge is -2.14. The third-order valence-electron chi connectivity index (χ3n) is 5.72. The Balaban J connectivity index is 0.000000240. The zero-order valence-corrected chi connectivity index (χ0v) is 31.4. The third-order valence-corrected chi connectivity index (χ3v) is 11.9. The predicted octanol–water partition coefficient (Wildman–Crippen LogP) is 9.06. The van der Waals surface area contributed by atoms with Crippen LogP contribution in [0.1, 0.15) is 107 Å². The number of aliphatic hydroxyl groups excluding tert-OH is 1. The lowest BCUT2D eigenvalue weighted by atomic mass is 10.1. The number of hydrogen-bond donors (Lipinski definition) is 1. The Morgan fingerprint density at radius 2 is 1.09 bits per heavy atom. The maximum absolute atomic E-state index is 12.3. The highest BCUT2D eigenvalue weighted by Gasteiger charge is 2.29. The van der Waals surface area contributed by atoms with Crippen molar-refractivity contribution in [3.63, 3.8) is 0 Å². The van der Waals surface area contributed by atoms with Gasteiger partial charge in [0.2, 0.25) is 0 Å². The summed E-state index contributed by atoms with van der Waals surface area (Å²) in [7, 11) is 0. The number of hydrogen-bond acceptors (Lipinski definition) is 13. The van der Waals surface area contributed by atoms with E-state index in [1.165, 1.54) is 34.0 Å². The number of carbonyl (C=O) groups excluding carboxylic acids is 2. The van der Waals surface area contributed by atoms with Crippen molar-refractivity contribution in [1.82, 2.24) is 19.9 Å². The molecule has 2 unspecified atom stereocenters. The van der Waals surface area contributed by atoms with Crippen molar-refractivity contribution >= 4 is 73.2 Å². The highest BCUT2D eigenvalue weighted by molar-refractivity contribution is 9.09. The van der Waals surface area contributed by atoms with Gasteiger partial charge in [-0.25, -0.2) is 29.5 Å². The topological polar surface area (TPSA) is 124 Å². The molecule has 2 atom stereocenters. The van der Waals surface area contributed by atoms with Crippen LogP contribution in [0.15, 0.2) is 12.4 Å². The molecule has 14 heteroatoms. The summed E-state index contributed by atoms with van der Waals surface area (Å²) in [5.74, 6) is -0.541. The summed E-state index contributed by atoms with van der Waals surface area (Å²) in [5, 5.41) is 13.4. The molecule has 0 aliphatic carbocycles. The number of aromatic nitrogens is 4. The normalized spacial score (nSPS) is 12.9. The minimum atomic E-state index is -0.748. The fourth-order valence-electron chi connectivity index (χ4n) is 3.58. The number of thiazole rings is 4. The molecule has 0 aliphatic heterocycles. The standard InChI is InChI=1S/C15H19BrN2O2S2.C15H20N2O3S2/c1-7(2)10(16)12-11(15(19)20-8(3)4)18-14(22-12)13-17-6-9(5)21-13;1-7(2)11(18)12-10(15(19)20-8(3)4)17-14(22-12)13-16-6-9(5)21-13/h6-8,10H,1-5H3;6-8,11,18H,1-5H3. The van der Waals surface area contributed by atoms with Crippen LogP contribution in [-0.4, -0.2) is 49.2 Å². The van der Waals surface area contributed by atoms with E-state index in [1.807, 2.05) is 47.7 Å². The third kappa shape index (κ3) is 9.46. The van der Waals surface area contributed by atoms with Crippen molar-refractivity contribution in [2.75, 3.05) is 0 Å². The molecule has 0 bridgehead atoms. The molecule has 0 amide bonds. The first-order valence-electron chi connectivity index (χ1n) is 14.2. The first-order chi connectivity index (χ1) is 20.6. The minimum Gasteiger partial charge on any atom is -0.458 e. The van der Waals surface area contributed by atoms with Gasteiger partial charge in [0.25, 0.3) is 0 Å². The van der Waals surface area contributed by atoms with E-state index in [2.05, 4.69) is 49.7 Å². The second-order valence-electron chi connectivity index (χ2n) is 11.3. The summed E-state index contributed by atoms with van der Waals surface area (Å²) in [6, 6.07) is 0. The zero-order chi connectivity index (χ0) is 32.9. The average Bonchev–Trinajstić information content (AvgIpc) is 3.72. The minimum absolute atomic E-state index is 0.0167. The van der Waals surface area contributed by atoms with Crippen LogP contribution < -0.4 is 0 Å². The summed E-state index contributed by atoms with van der Waals surface area (Å²) >= 11 is 9.57. The van der Waals surface area contributed by atoms with Gasteiger partial charge in [0.15, 0.2) is 31.4 Å². The van der Waals surface area contributed by atoms with E-state index in [4.69, 9.17) is 9.47 Å².